The molecule has 0 aliphatic heterocycles. The molecule has 21 heavy (non-hydrogen) atoms. The average Bonchev–Trinajstić information content (AvgIpc) is 2.88. The van der Waals surface area contributed by atoms with E-state index in [0.29, 0.717) is 6.61 Å². The smallest absolute Gasteiger partial charge is 0.134 e. The summed E-state index contributed by atoms with van der Waals surface area (Å²) in [5.41, 5.74) is 1.21. The molecule has 0 aliphatic rings. The highest BCUT2D eigenvalue weighted by Crippen LogP contribution is 2.27. The second-order valence-corrected chi connectivity index (χ2v) is 6.74. The van der Waals surface area contributed by atoms with Gasteiger partial charge in [0.15, 0.2) is 0 Å². The van der Waals surface area contributed by atoms with Crippen molar-refractivity contribution in [3.8, 4) is 5.75 Å². The molecule has 2 rings (SSSR count). The van der Waals surface area contributed by atoms with Gasteiger partial charge in [-0.3, -0.25) is 0 Å². The van der Waals surface area contributed by atoms with E-state index in [1.807, 2.05) is 19.2 Å². The van der Waals surface area contributed by atoms with Gasteiger partial charge in [-0.25, -0.2) is 4.98 Å². The predicted octanol–water partition coefficient (Wildman–Crippen LogP) is 3.53. The van der Waals surface area contributed by atoms with Gasteiger partial charge in [0.2, 0.25) is 0 Å². The van der Waals surface area contributed by atoms with E-state index in [-0.39, 0.29) is 0 Å². The number of ether oxygens (including phenoxy) is 2. The monoisotopic (exact) mass is 370 g/mol. The summed E-state index contributed by atoms with van der Waals surface area (Å²) in [6.07, 6.45) is 1.86. The lowest BCUT2D eigenvalue weighted by atomic mass is 10.2. The molecule has 0 saturated carbocycles. The molecule has 1 aromatic heterocycles. The van der Waals surface area contributed by atoms with E-state index in [0.717, 1.165) is 39.8 Å². The molecular weight excluding hydrogens is 352 g/mol. The van der Waals surface area contributed by atoms with Gasteiger partial charge in [0.1, 0.15) is 12.4 Å². The summed E-state index contributed by atoms with van der Waals surface area (Å²) in [5, 5.41) is 4.38. The van der Waals surface area contributed by atoms with E-state index in [4.69, 9.17) is 9.47 Å². The van der Waals surface area contributed by atoms with Gasteiger partial charge < -0.3 is 14.8 Å². The molecule has 0 amide bonds. The first-order valence-electron chi connectivity index (χ1n) is 6.71. The molecule has 0 saturated heterocycles. The summed E-state index contributed by atoms with van der Waals surface area (Å²) < 4.78 is 11.8. The first-order chi connectivity index (χ1) is 10.2. The number of benzene rings is 1. The van der Waals surface area contributed by atoms with Gasteiger partial charge in [0.05, 0.1) is 21.0 Å². The van der Waals surface area contributed by atoms with Crippen molar-refractivity contribution in [2.75, 3.05) is 20.3 Å². The van der Waals surface area contributed by atoms with Crippen LogP contribution < -0.4 is 10.1 Å². The lowest BCUT2D eigenvalue weighted by Crippen LogP contribution is -2.18. The zero-order valence-corrected chi connectivity index (χ0v) is 14.6. The minimum atomic E-state index is 0.551. The van der Waals surface area contributed by atoms with Crippen LogP contribution in [0.3, 0.4) is 0 Å². The molecule has 0 aliphatic carbocycles. The Morgan fingerprint density at radius 1 is 1.38 bits per heavy atom. The number of aromatic nitrogens is 1. The second kappa shape index (κ2) is 8.48. The summed E-state index contributed by atoms with van der Waals surface area (Å²) in [7, 11) is 1.70. The van der Waals surface area contributed by atoms with Crippen LogP contribution in [0.1, 0.15) is 15.4 Å². The Kier molecular flexibility index (Phi) is 6.63. The molecule has 0 spiro atoms. The Labute approximate surface area is 137 Å². The molecule has 0 atom stereocenters. The molecule has 1 N–H and O–H groups in total. The standard InChI is InChI=1S/C15H19BrN2O2S/c1-11-18-9-13(21-11)10-20-15-4-3-12(7-14(15)16)8-17-5-6-19-2/h3-4,7,9,17H,5-6,8,10H2,1-2H3. The Hall–Kier alpha value is -0.950. The van der Waals surface area contributed by atoms with Crippen LogP contribution in [-0.4, -0.2) is 25.2 Å². The van der Waals surface area contributed by atoms with Gasteiger partial charge >= 0.3 is 0 Å². The van der Waals surface area contributed by atoms with Crippen LogP contribution >= 0.6 is 27.3 Å². The van der Waals surface area contributed by atoms with Crippen LogP contribution in [-0.2, 0) is 17.9 Å². The van der Waals surface area contributed by atoms with Crippen LogP contribution in [0.2, 0.25) is 0 Å². The highest BCUT2D eigenvalue weighted by atomic mass is 79.9. The Balaban J connectivity index is 1.86. The van der Waals surface area contributed by atoms with Crippen molar-refractivity contribution < 1.29 is 9.47 Å². The lowest BCUT2D eigenvalue weighted by Gasteiger charge is -2.09. The first-order valence-corrected chi connectivity index (χ1v) is 8.32. The fourth-order valence-corrected chi connectivity index (χ4v) is 3.05. The van der Waals surface area contributed by atoms with E-state index in [9.17, 15) is 0 Å². The maximum atomic E-state index is 5.82. The van der Waals surface area contributed by atoms with Crippen LogP contribution in [0.4, 0.5) is 0 Å². The van der Waals surface area contributed by atoms with Gasteiger partial charge in [0.25, 0.3) is 0 Å². The molecule has 4 nitrogen and oxygen atoms in total. The van der Waals surface area contributed by atoms with E-state index in [1.54, 1.807) is 18.4 Å². The van der Waals surface area contributed by atoms with Crippen LogP contribution in [0.15, 0.2) is 28.9 Å². The quantitative estimate of drug-likeness (QED) is 0.721. The third-order valence-corrected chi connectivity index (χ3v) is 4.35. The lowest BCUT2D eigenvalue weighted by molar-refractivity contribution is 0.199. The van der Waals surface area contributed by atoms with Crippen molar-refractivity contribution >= 4 is 27.3 Å². The fourth-order valence-electron chi connectivity index (χ4n) is 1.80. The SMILES string of the molecule is COCCNCc1ccc(OCc2cnc(C)s2)c(Br)c1. The Morgan fingerprint density at radius 3 is 2.90 bits per heavy atom. The fraction of sp³-hybridized carbons (Fsp3) is 0.400. The largest absolute Gasteiger partial charge is 0.487 e. The second-order valence-electron chi connectivity index (χ2n) is 4.57. The Morgan fingerprint density at radius 2 is 2.24 bits per heavy atom. The average molecular weight is 371 g/mol. The zero-order chi connectivity index (χ0) is 15.1. The summed E-state index contributed by atoms with van der Waals surface area (Å²) in [5.74, 6) is 0.849. The number of halogens is 1. The van der Waals surface area contributed by atoms with Crippen molar-refractivity contribution in [2.24, 2.45) is 0 Å². The van der Waals surface area contributed by atoms with Gasteiger partial charge in [-0.1, -0.05) is 6.07 Å². The maximum absolute atomic E-state index is 5.82. The van der Waals surface area contributed by atoms with Gasteiger partial charge in [-0.15, -0.1) is 11.3 Å². The minimum Gasteiger partial charge on any atom is -0.487 e. The van der Waals surface area contributed by atoms with Crippen molar-refractivity contribution in [2.45, 2.75) is 20.1 Å². The summed E-state index contributed by atoms with van der Waals surface area (Å²) >= 11 is 5.22. The number of hydrogen-bond acceptors (Lipinski definition) is 5. The maximum Gasteiger partial charge on any atom is 0.134 e. The van der Waals surface area contributed by atoms with Gasteiger partial charge in [0, 0.05) is 26.4 Å². The summed E-state index contributed by atoms with van der Waals surface area (Å²) in [6.45, 7) is 4.93. The number of rotatable bonds is 8. The number of aryl methyl sites for hydroxylation is 1. The van der Waals surface area contributed by atoms with Gasteiger partial charge in [-0.05, 0) is 40.5 Å². The van der Waals surface area contributed by atoms with E-state index < -0.39 is 0 Å². The zero-order valence-electron chi connectivity index (χ0n) is 12.2. The third-order valence-electron chi connectivity index (χ3n) is 2.85. The summed E-state index contributed by atoms with van der Waals surface area (Å²) in [4.78, 5) is 5.35. The molecular formula is C15H19BrN2O2S. The molecule has 1 heterocycles. The van der Waals surface area contributed by atoms with Crippen molar-refractivity contribution in [1.82, 2.24) is 10.3 Å². The number of hydrogen-bond donors (Lipinski definition) is 1. The van der Waals surface area contributed by atoms with Gasteiger partial charge in [-0.2, -0.15) is 0 Å². The Bertz CT molecular complexity index is 575. The summed E-state index contributed by atoms with van der Waals surface area (Å²) in [6, 6.07) is 6.14. The molecule has 0 radical (unpaired) electrons. The minimum absolute atomic E-state index is 0.551. The van der Waals surface area contributed by atoms with Crippen LogP contribution in [0.5, 0.6) is 5.75 Å². The molecule has 6 heteroatoms. The molecule has 0 fully saturated rings. The number of nitrogens with zero attached hydrogens (tertiary/aromatic N) is 1. The highest BCUT2D eigenvalue weighted by Gasteiger charge is 2.05. The topological polar surface area (TPSA) is 43.4 Å². The molecule has 1 aromatic carbocycles. The highest BCUT2D eigenvalue weighted by molar-refractivity contribution is 9.10. The van der Waals surface area contributed by atoms with Crippen LogP contribution in [0.25, 0.3) is 0 Å². The number of thiazole rings is 1. The van der Waals surface area contributed by atoms with Crippen molar-refractivity contribution in [1.29, 1.82) is 0 Å². The van der Waals surface area contributed by atoms with Crippen molar-refractivity contribution in [3.05, 3.63) is 44.3 Å². The van der Waals surface area contributed by atoms with Crippen LogP contribution in [0, 0.1) is 6.92 Å². The number of nitrogens with one attached hydrogen (secondary N) is 1. The van der Waals surface area contributed by atoms with Crippen molar-refractivity contribution in [3.63, 3.8) is 0 Å². The van der Waals surface area contributed by atoms with E-state index >= 15 is 0 Å². The predicted molar refractivity (Wildman–Crippen MR) is 88.9 cm³/mol. The third kappa shape index (κ3) is 5.39. The molecule has 114 valence electrons. The molecule has 0 unspecified atom stereocenters. The molecule has 2 aromatic rings. The molecule has 0 bridgehead atoms. The normalized spacial score (nSPS) is 10.8. The van der Waals surface area contributed by atoms with E-state index in [2.05, 4.69) is 38.4 Å². The first kappa shape index (κ1) is 16.4. The number of methoxy groups -OCH3 is 1. The van der Waals surface area contributed by atoms with E-state index in [1.165, 1.54) is 5.56 Å².